The monoisotopic (exact) mass is 644 g/mol. The van der Waals surface area contributed by atoms with E-state index in [4.69, 9.17) is 9.78 Å². The number of amides is 1. The van der Waals surface area contributed by atoms with E-state index in [1.54, 1.807) is 42.7 Å². The Hall–Kier alpha value is -4.64. The first kappa shape index (κ1) is 31.3. The molecule has 1 fully saturated rings. The number of nitrogens with zero attached hydrogens (tertiary/aromatic N) is 4. The van der Waals surface area contributed by atoms with Crippen LogP contribution in [0.5, 0.6) is 0 Å². The van der Waals surface area contributed by atoms with Crippen LogP contribution in [0.3, 0.4) is 0 Å². The zero-order chi connectivity index (χ0) is 32.8. The molecule has 3 N–H and O–H groups in total. The summed E-state index contributed by atoms with van der Waals surface area (Å²) in [6, 6.07) is 14.6. The Bertz CT molecular complexity index is 1990. The third kappa shape index (κ3) is 5.87. The van der Waals surface area contributed by atoms with E-state index in [-0.39, 0.29) is 52.3 Å². The fraction of sp³-hybridized carbons (Fsp3) is 0.333. The number of rotatable bonds is 9. The van der Waals surface area contributed by atoms with Crippen LogP contribution >= 0.6 is 0 Å². The van der Waals surface area contributed by atoms with Crippen molar-refractivity contribution in [3.63, 3.8) is 0 Å². The van der Waals surface area contributed by atoms with Gasteiger partial charge in [-0.05, 0) is 57.1 Å². The van der Waals surface area contributed by atoms with Gasteiger partial charge in [0.1, 0.15) is 33.6 Å². The summed E-state index contributed by atoms with van der Waals surface area (Å²) in [5, 5.41) is 27.4. The van der Waals surface area contributed by atoms with E-state index in [1.165, 1.54) is 6.07 Å². The fourth-order valence-electron chi connectivity index (χ4n) is 6.68. The molecule has 0 bridgehead atoms. The summed E-state index contributed by atoms with van der Waals surface area (Å²) < 4.78 is 52.2. The van der Waals surface area contributed by atoms with Crippen molar-refractivity contribution in [2.24, 2.45) is 11.8 Å². The lowest BCUT2D eigenvalue weighted by Crippen LogP contribution is -2.43. The van der Waals surface area contributed by atoms with Gasteiger partial charge in [0.05, 0.1) is 5.69 Å². The quantitative estimate of drug-likeness (QED) is 0.211. The largest absolute Gasteiger partial charge is 0.384 e. The molecule has 11 nitrogen and oxygen atoms in total. The molecule has 1 saturated carbocycles. The molecule has 3 aromatic heterocycles. The highest BCUT2D eigenvalue weighted by Gasteiger charge is 2.43. The second-order valence-electron chi connectivity index (χ2n) is 12.2. The molecule has 1 amide bonds. The maximum absolute atomic E-state index is 14.1. The molecule has 1 aliphatic heterocycles. The Kier molecular flexibility index (Phi) is 8.14. The van der Waals surface area contributed by atoms with Crippen LogP contribution in [0.4, 0.5) is 10.1 Å². The number of aromatic nitrogens is 3. The summed E-state index contributed by atoms with van der Waals surface area (Å²) in [5.41, 5.74) is 0.337. The number of anilines is 1. The van der Waals surface area contributed by atoms with Gasteiger partial charge in [0.2, 0.25) is 16.0 Å². The lowest BCUT2D eigenvalue weighted by atomic mass is 9.85. The average Bonchev–Trinajstić information content (AvgIpc) is 3.79. The first-order chi connectivity index (χ1) is 21.9. The number of aliphatic hydroxyl groups is 1. The number of benzene rings is 1. The minimum absolute atomic E-state index is 0.0152. The van der Waals surface area contributed by atoms with Crippen LogP contribution < -0.4 is 10.0 Å². The smallest absolute Gasteiger partial charge is 0.272 e. The van der Waals surface area contributed by atoms with Crippen molar-refractivity contribution in [1.82, 2.24) is 19.4 Å². The van der Waals surface area contributed by atoms with Gasteiger partial charge in [0.25, 0.3) is 5.91 Å². The van der Waals surface area contributed by atoms with Crippen LogP contribution in [0, 0.1) is 36.0 Å². The standard InChI is InChI=1S/C33H33FN6O5S/c1-19-11-12-22(17-33(3,42)27-16-26(45-38-27)21-8-5-4-6-9-21)29(19)39-46(43,44)31-20(2)30(40-13-7-10-25(31)40)32(41)37-23-14-24(18-35)36-28(34)15-23/h4-10,14-16,19,22,29,39,42H,11-13,17H2,1-3H3,(H,36,37,41). The molecule has 4 atom stereocenters. The van der Waals surface area contributed by atoms with Gasteiger partial charge in [-0.1, -0.05) is 48.5 Å². The molecule has 1 aliphatic carbocycles. The minimum Gasteiger partial charge on any atom is -0.384 e. The Morgan fingerprint density at radius 1 is 1.24 bits per heavy atom. The predicted molar refractivity (Wildman–Crippen MR) is 167 cm³/mol. The molecular formula is C33H33FN6O5S. The average molecular weight is 645 g/mol. The number of allylic oxidation sites excluding steroid dienone is 1. The van der Waals surface area contributed by atoms with E-state index in [2.05, 4.69) is 20.2 Å². The molecular weight excluding hydrogens is 611 g/mol. The second-order valence-corrected chi connectivity index (χ2v) is 13.9. The first-order valence-corrected chi connectivity index (χ1v) is 16.4. The maximum Gasteiger partial charge on any atom is 0.272 e. The van der Waals surface area contributed by atoms with E-state index in [9.17, 15) is 22.7 Å². The van der Waals surface area contributed by atoms with Gasteiger partial charge in [-0.2, -0.15) is 9.65 Å². The summed E-state index contributed by atoms with van der Waals surface area (Å²) in [4.78, 5) is 16.9. The summed E-state index contributed by atoms with van der Waals surface area (Å²) >= 11 is 0. The van der Waals surface area contributed by atoms with Gasteiger partial charge in [0, 0.05) is 41.5 Å². The van der Waals surface area contributed by atoms with E-state index in [0.717, 1.165) is 18.1 Å². The number of halogens is 1. The van der Waals surface area contributed by atoms with Gasteiger partial charge in [-0.15, -0.1) is 0 Å². The Morgan fingerprint density at radius 3 is 2.74 bits per heavy atom. The molecule has 0 spiro atoms. The number of carbonyl (C=O) groups is 1. The van der Waals surface area contributed by atoms with Crippen LogP contribution in [0.2, 0.25) is 0 Å². The van der Waals surface area contributed by atoms with Gasteiger partial charge in [-0.3, -0.25) is 4.79 Å². The lowest BCUT2D eigenvalue weighted by Gasteiger charge is -2.30. The molecule has 2 aliphatic rings. The molecule has 238 valence electrons. The van der Waals surface area contributed by atoms with Gasteiger partial charge in [-0.25, -0.2) is 18.1 Å². The summed E-state index contributed by atoms with van der Waals surface area (Å²) in [5.74, 6) is -1.28. The SMILES string of the molecule is Cc1c(S(=O)(=O)NC2C(C)CCC2CC(C)(O)c2cc(-c3ccccc3)on2)c2n(c1C(=O)Nc1cc(F)nc(C#N)c1)CC=C2. The van der Waals surface area contributed by atoms with Gasteiger partial charge in [0.15, 0.2) is 5.76 Å². The van der Waals surface area contributed by atoms with Crippen LogP contribution in [0.15, 0.2) is 64.0 Å². The molecule has 13 heteroatoms. The van der Waals surface area contributed by atoms with Crippen LogP contribution in [-0.2, 0) is 22.2 Å². The molecule has 46 heavy (non-hydrogen) atoms. The highest BCUT2D eigenvalue weighted by atomic mass is 32.2. The zero-order valence-electron chi connectivity index (χ0n) is 25.5. The third-order valence-corrected chi connectivity index (χ3v) is 10.5. The Balaban J connectivity index is 1.25. The number of nitrogens with one attached hydrogen (secondary N) is 2. The maximum atomic E-state index is 14.1. The van der Waals surface area contributed by atoms with Crippen molar-refractivity contribution in [3.8, 4) is 17.4 Å². The topological polar surface area (TPSA) is 163 Å². The number of pyridine rings is 1. The Morgan fingerprint density at radius 2 is 2.00 bits per heavy atom. The van der Waals surface area contributed by atoms with E-state index < -0.39 is 33.5 Å². The number of nitriles is 1. The number of hydrogen-bond donors (Lipinski definition) is 3. The third-order valence-electron chi connectivity index (χ3n) is 8.89. The first-order valence-electron chi connectivity index (χ1n) is 14.9. The summed E-state index contributed by atoms with van der Waals surface area (Å²) in [6.07, 6.45) is 5.12. The highest BCUT2D eigenvalue weighted by molar-refractivity contribution is 7.89. The van der Waals surface area contributed by atoms with E-state index in [0.29, 0.717) is 23.6 Å². The van der Waals surface area contributed by atoms with Crippen LogP contribution in [0.1, 0.15) is 66.2 Å². The van der Waals surface area contributed by atoms with E-state index in [1.807, 2.05) is 37.3 Å². The minimum atomic E-state index is -4.15. The van der Waals surface area contributed by atoms with E-state index >= 15 is 0 Å². The normalized spacial score (nSPS) is 20.3. The molecule has 4 aromatic rings. The van der Waals surface area contributed by atoms with Crippen LogP contribution in [0.25, 0.3) is 17.4 Å². The summed E-state index contributed by atoms with van der Waals surface area (Å²) in [7, 11) is -4.15. The number of hydrogen-bond acceptors (Lipinski definition) is 8. The van der Waals surface area contributed by atoms with Gasteiger partial charge < -0.3 is 19.5 Å². The zero-order valence-corrected chi connectivity index (χ0v) is 26.3. The van der Waals surface area contributed by atoms with Crippen LogP contribution in [-0.4, -0.2) is 40.2 Å². The predicted octanol–water partition coefficient (Wildman–Crippen LogP) is 5.13. The fourth-order valence-corrected chi connectivity index (χ4v) is 8.54. The van der Waals surface area contributed by atoms with Gasteiger partial charge >= 0.3 is 0 Å². The molecule has 1 aromatic carbocycles. The number of sulfonamides is 1. The molecule has 0 radical (unpaired) electrons. The molecule has 0 saturated heterocycles. The van der Waals surface area contributed by atoms with Crippen molar-refractivity contribution in [1.29, 1.82) is 5.26 Å². The van der Waals surface area contributed by atoms with Crippen molar-refractivity contribution >= 4 is 27.7 Å². The lowest BCUT2D eigenvalue weighted by molar-refractivity contribution is 0.0200. The molecule has 6 rings (SSSR count). The highest BCUT2D eigenvalue weighted by Crippen LogP contribution is 2.41. The van der Waals surface area contributed by atoms with Crippen molar-refractivity contribution < 1.29 is 27.2 Å². The second kappa shape index (κ2) is 11.9. The van der Waals surface area contributed by atoms with Crippen molar-refractivity contribution in [2.45, 2.75) is 63.1 Å². The molecule has 4 unspecified atom stereocenters. The number of fused-ring (bicyclic) bond motifs is 1. The van der Waals surface area contributed by atoms with Crippen molar-refractivity contribution in [3.05, 3.63) is 88.9 Å². The Labute approximate surface area is 265 Å². The van der Waals surface area contributed by atoms with Crippen molar-refractivity contribution in [2.75, 3.05) is 5.32 Å². The number of carbonyl (C=O) groups excluding carboxylic acids is 1. The molecule has 4 heterocycles. The summed E-state index contributed by atoms with van der Waals surface area (Å²) in [6.45, 7) is 5.47.